The van der Waals surface area contributed by atoms with Gasteiger partial charge < -0.3 is 10.2 Å². The zero-order valence-electron chi connectivity index (χ0n) is 22.3. The van der Waals surface area contributed by atoms with Crippen LogP contribution in [0.25, 0.3) is 0 Å². The van der Waals surface area contributed by atoms with Crippen LogP contribution in [0.1, 0.15) is 112 Å². The summed E-state index contributed by atoms with van der Waals surface area (Å²) in [5.74, 6) is 3.04. The number of hydrogen-bond donors (Lipinski definition) is 2. The van der Waals surface area contributed by atoms with Gasteiger partial charge in [-0.25, -0.2) is 0 Å². The maximum atomic E-state index is 13.6. The van der Waals surface area contributed by atoms with Crippen molar-refractivity contribution in [1.29, 1.82) is 0 Å². The molecule has 0 aliphatic heterocycles. The van der Waals surface area contributed by atoms with Crippen LogP contribution >= 0.6 is 0 Å². The van der Waals surface area contributed by atoms with Crippen LogP contribution in [0.15, 0.2) is 0 Å². The molecule has 0 spiro atoms. The van der Waals surface area contributed by atoms with Crippen molar-refractivity contribution < 1.29 is 23.4 Å². The van der Waals surface area contributed by atoms with Gasteiger partial charge in [-0.1, -0.05) is 41.5 Å². The maximum Gasteiger partial charge on any atom is 0.417 e. The molecule has 0 radical (unpaired) electrons. The van der Waals surface area contributed by atoms with Gasteiger partial charge in [-0.15, -0.1) is 0 Å². The highest BCUT2D eigenvalue weighted by atomic mass is 19.4. The lowest BCUT2D eigenvalue weighted by Gasteiger charge is -2.62. The fourth-order valence-corrected chi connectivity index (χ4v) is 9.53. The highest BCUT2D eigenvalue weighted by Crippen LogP contribution is 2.69. The van der Waals surface area contributed by atoms with Crippen LogP contribution in [0, 0.1) is 51.8 Å². The zero-order valence-corrected chi connectivity index (χ0v) is 22.3. The number of alkyl halides is 3. The molecule has 0 aromatic carbocycles. The van der Waals surface area contributed by atoms with Crippen molar-refractivity contribution >= 4 is 0 Å². The van der Waals surface area contributed by atoms with Gasteiger partial charge in [0.15, 0.2) is 5.60 Å². The van der Waals surface area contributed by atoms with Crippen molar-refractivity contribution in [2.75, 3.05) is 0 Å². The summed E-state index contributed by atoms with van der Waals surface area (Å²) in [7, 11) is 0. The summed E-state index contributed by atoms with van der Waals surface area (Å²) in [6, 6.07) is 0. The van der Waals surface area contributed by atoms with E-state index >= 15 is 0 Å². The molecule has 10 atom stereocenters. The molecule has 0 aromatic rings. The number of aliphatic hydroxyl groups excluding tert-OH is 1. The SMILES string of the molecule is C[C@H](CCC(O)C(C)(C)C)[C@H]1CC[C@H]2[C@@H]3CC[C@H]4C[C@](O)(C(F)(F)F)CC[C@]4(C)[C@H]3CC[C@]12C. The summed E-state index contributed by atoms with van der Waals surface area (Å²) >= 11 is 0. The highest BCUT2D eigenvalue weighted by Gasteiger charge is 2.65. The first-order valence-electron chi connectivity index (χ1n) is 14.0. The molecule has 1 unspecified atom stereocenters. The fourth-order valence-electron chi connectivity index (χ4n) is 9.53. The Hall–Kier alpha value is -0.290. The predicted octanol–water partition coefficient (Wildman–Crippen LogP) is 7.76. The van der Waals surface area contributed by atoms with E-state index in [1.54, 1.807) is 0 Å². The van der Waals surface area contributed by atoms with Crippen LogP contribution in [0.4, 0.5) is 13.2 Å². The average Bonchev–Trinajstić information content (AvgIpc) is 3.08. The van der Waals surface area contributed by atoms with Gasteiger partial charge in [0.05, 0.1) is 6.10 Å². The molecule has 0 amide bonds. The molecule has 4 aliphatic carbocycles. The van der Waals surface area contributed by atoms with Crippen molar-refractivity contribution in [2.24, 2.45) is 51.8 Å². The van der Waals surface area contributed by atoms with E-state index in [-0.39, 0.29) is 35.7 Å². The summed E-state index contributed by atoms with van der Waals surface area (Å²) in [6.07, 6.45) is 4.08. The van der Waals surface area contributed by atoms with E-state index in [1.807, 2.05) is 0 Å². The van der Waals surface area contributed by atoms with E-state index in [9.17, 15) is 23.4 Å². The van der Waals surface area contributed by atoms with Gasteiger partial charge in [0, 0.05) is 0 Å². The molecule has 5 heteroatoms. The van der Waals surface area contributed by atoms with Gasteiger partial charge in [0.1, 0.15) is 0 Å². The molecule has 0 bridgehead atoms. The second-order valence-electron chi connectivity index (χ2n) is 14.6. The Balaban J connectivity index is 1.46. The molecule has 4 aliphatic rings. The van der Waals surface area contributed by atoms with Crippen molar-refractivity contribution in [3.8, 4) is 0 Å². The Morgan fingerprint density at radius 3 is 2.12 bits per heavy atom. The maximum absolute atomic E-state index is 13.6. The quantitative estimate of drug-likeness (QED) is 0.426. The third-order valence-corrected chi connectivity index (χ3v) is 11.9. The van der Waals surface area contributed by atoms with Gasteiger partial charge in [-0.3, -0.25) is 0 Å². The van der Waals surface area contributed by atoms with Crippen LogP contribution in [-0.2, 0) is 0 Å². The highest BCUT2D eigenvalue weighted by molar-refractivity contribution is 5.11. The molecule has 2 nitrogen and oxygen atoms in total. The average molecular weight is 487 g/mol. The van der Waals surface area contributed by atoms with E-state index in [0.717, 1.165) is 32.1 Å². The van der Waals surface area contributed by atoms with E-state index in [0.29, 0.717) is 41.4 Å². The molecular weight excluding hydrogens is 437 g/mol. The molecule has 0 saturated heterocycles. The van der Waals surface area contributed by atoms with Gasteiger partial charge in [0.25, 0.3) is 0 Å². The number of hydrogen-bond acceptors (Lipinski definition) is 2. The summed E-state index contributed by atoms with van der Waals surface area (Å²) in [4.78, 5) is 0. The minimum Gasteiger partial charge on any atom is -0.393 e. The molecule has 0 heterocycles. The lowest BCUT2D eigenvalue weighted by Crippen LogP contribution is -2.59. The van der Waals surface area contributed by atoms with E-state index < -0.39 is 11.8 Å². The number of aliphatic hydroxyl groups is 2. The second kappa shape index (κ2) is 8.64. The molecule has 198 valence electrons. The first kappa shape index (κ1) is 26.8. The van der Waals surface area contributed by atoms with Crippen molar-refractivity contribution in [2.45, 2.75) is 130 Å². The predicted molar refractivity (Wildman–Crippen MR) is 130 cm³/mol. The number of fused-ring (bicyclic) bond motifs is 5. The van der Waals surface area contributed by atoms with Crippen molar-refractivity contribution in [1.82, 2.24) is 0 Å². The molecule has 2 N–H and O–H groups in total. The van der Waals surface area contributed by atoms with Gasteiger partial charge in [-0.2, -0.15) is 13.2 Å². The van der Waals surface area contributed by atoms with E-state index in [4.69, 9.17) is 0 Å². The number of halogens is 3. The summed E-state index contributed by atoms with van der Waals surface area (Å²) in [6.45, 7) is 13.5. The van der Waals surface area contributed by atoms with Gasteiger partial charge >= 0.3 is 6.18 Å². The Kier molecular flexibility index (Phi) is 6.80. The first-order chi connectivity index (χ1) is 15.5. The van der Waals surface area contributed by atoms with Crippen LogP contribution in [-0.4, -0.2) is 28.1 Å². The van der Waals surface area contributed by atoms with Crippen LogP contribution in [0.2, 0.25) is 0 Å². The first-order valence-corrected chi connectivity index (χ1v) is 14.0. The largest absolute Gasteiger partial charge is 0.417 e. The topological polar surface area (TPSA) is 40.5 Å². The molecule has 4 saturated carbocycles. The van der Waals surface area contributed by atoms with Gasteiger partial charge in [0.2, 0.25) is 0 Å². The minimum atomic E-state index is -4.52. The summed E-state index contributed by atoms with van der Waals surface area (Å²) < 4.78 is 40.8. The van der Waals surface area contributed by atoms with Crippen molar-refractivity contribution in [3.63, 3.8) is 0 Å². The lowest BCUT2D eigenvalue weighted by molar-refractivity contribution is -0.290. The Bertz CT molecular complexity index is 745. The summed E-state index contributed by atoms with van der Waals surface area (Å²) in [5, 5.41) is 21.0. The van der Waals surface area contributed by atoms with Crippen molar-refractivity contribution in [3.05, 3.63) is 0 Å². The molecule has 34 heavy (non-hydrogen) atoms. The van der Waals surface area contributed by atoms with Gasteiger partial charge in [-0.05, 0) is 122 Å². The van der Waals surface area contributed by atoms with Crippen LogP contribution < -0.4 is 0 Å². The number of rotatable bonds is 4. The Morgan fingerprint density at radius 2 is 1.50 bits per heavy atom. The second-order valence-corrected chi connectivity index (χ2v) is 14.6. The zero-order chi connectivity index (χ0) is 25.3. The Labute approximate surface area is 205 Å². The lowest BCUT2D eigenvalue weighted by atomic mass is 9.43. The third kappa shape index (κ3) is 4.27. The van der Waals surface area contributed by atoms with Crippen LogP contribution in [0.5, 0.6) is 0 Å². The molecule has 4 rings (SSSR count). The molecule has 4 fully saturated rings. The fraction of sp³-hybridized carbons (Fsp3) is 1.00. The van der Waals surface area contributed by atoms with E-state index in [2.05, 4.69) is 41.5 Å². The van der Waals surface area contributed by atoms with Crippen LogP contribution in [0.3, 0.4) is 0 Å². The monoisotopic (exact) mass is 486 g/mol. The smallest absolute Gasteiger partial charge is 0.393 e. The molecule has 0 aromatic heterocycles. The summed E-state index contributed by atoms with van der Waals surface area (Å²) in [5.41, 5.74) is -2.31. The molecular formula is C29H49F3O2. The minimum absolute atomic E-state index is 0.0199. The standard InChI is InChI=1S/C29H49F3O2/c1-18(7-12-24(33)25(2,3)4)21-10-11-22-20-9-8-19-17-28(34,29(30,31)32)16-15-26(19,5)23(20)13-14-27(21,22)6/h18-24,33-34H,7-17H2,1-6H3/t18-,19+,20+,21-,22+,23+,24?,26+,27-,28+/m1/s1. The van der Waals surface area contributed by atoms with E-state index in [1.165, 1.54) is 19.3 Å². The third-order valence-electron chi connectivity index (χ3n) is 11.9. The Morgan fingerprint density at radius 1 is 0.853 bits per heavy atom. The normalized spacial score (nSPS) is 46.9.